The van der Waals surface area contributed by atoms with E-state index in [0.29, 0.717) is 12.8 Å². The predicted octanol–water partition coefficient (Wildman–Crippen LogP) is 0.461. The van der Waals surface area contributed by atoms with Gasteiger partial charge < -0.3 is 5.11 Å². The van der Waals surface area contributed by atoms with Gasteiger partial charge in [0, 0.05) is 5.70 Å². The summed E-state index contributed by atoms with van der Waals surface area (Å²) in [6.07, 6.45) is 3.51. The summed E-state index contributed by atoms with van der Waals surface area (Å²) in [7, 11) is 0. The molecule has 0 saturated heterocycles. The van der Waals surface area contributed by atoms with Gasteiger partial charge >= 0.3 is 0 Å². The van der Waals surface area contributed by atoms with Crippen LogP contribution in [0.25, 0.3) is 0 Å². The van der Waals surface area contributed by atoms with Crippen LogP contribution in [0.4, 0.5) is 0 Å². The summed E-state index contributed by atoms with van der Waals surface area (Å²) in [6, 6.07) is 0. The monoisotopic (exact) mass is 141 g/mol. The Balaban J connectivity index is 2.72. The molecule has 0 saturated carbocycles. The number of hydrogen-bond donors (Lipinski definition) is 1. The Bertz CT molecular complexity index is 165. The van der Waals surface area contributed by atoms with Gasteiger partial charge in [0.05, 0.1) is 0 Å². The lowest BCUT2D eigenvalue weighted by molar-refractivity contribution is -0.125. The number of carbonyl (C=O) groups excluding carboxylic acids is 1. The predicted molar refractivity (Wildman–Crippen MR) is 36.9 cm³/mol. The van der Waals surface area contributed by atoms with Crippen molar-refractivity contribution in [1.29, 1.82) is 0 Å². The van der Waals surface area contributed by atoms with Crippen LogP contribution in [0.2, 0.25) is 0 Å². The Morgan fingerprint density at radius 2 is 2.60 bits per heavy atom. The van der Waals surface area contributed by atoms with Crippen molar-refractivity contribution >= 4 is 6.41 Å². The van der Waals surface area contributed by atoms with E-state index in [2.05, 4.69) is 0 Å². The van der Waals surface area contributed by atoms with Crippen LogP contribution >= 0.6 is 0 Å². The minimum Gasteiger partial charge on any atom is -0.373 e. The van der Waals surface area contributed by atoms with E-state index in [-0.39, 0.29) is 0 Å². The summed E-state index contributed by atoms with van der Waals surface area (Å²) < 4.78 is 0. The maximum atomic E-state index is 10.3. The minimum atomic E-state index is -0.609. The fourth-order valence-corrected chi connectivity index (χ4v) is 1.07. The molecule has 1 amide bonds. The van der Waals surface area contributed by atoms with Crippen LogP contribution < -0.4 is 0 Å². The molecule has 1 N–H and O–H groups in total. The molecule has 56 valence electrons. The molecule has 0 unspecified atom stereocenters. The highest BCUT2D eigenvalue weighted by molar-refractivity contribution is 5.51. The van der Waals surface area contributed by atoms with Crippen LogP contribution in [0, 0.1) is 0 Å². The third-order valence-electron chi connectivity index (χ3n) is 1.71. The third kappa shape index (κ3) is 1.19. The first-order valence-corrected chi connectivity index (χ1v) is 3.34. The molecule has 0 radical (unpaired) electrons. The lowest BCUT2D eigenvalue weighted by Gasteiger charge is -2.27. The number of amides is 1. The molecule has 0 aromatic carbocycles. The standard InChI is InChI=1S/C7H11NO2/c1-6-3-2-4-7(10)8(6)5-9/h3,5,7,10H,2,4H2,1H3/t7-/m1/s1. The van der Waals surface area contributed by atoms with Gasteiger partial charge in [-0.05, 0) is 19.8 Å². The molecule has 0 fully saturated rings. The smallest absolute Gasteiger partial charge is 0.215 e. The quantitative estimate of drug-likeness (QED) is 0.539. The molecular weight excluding hydrogens is 130 g/mol. The molecule has 1 atom stereocenters. The van der Waals surface area contributed by atoms with Crippen molar-refractivity contribution in [3.8, 4) is 0 Å². The summed E-state index contributed by atoms with van der Waals surface area (Å²) >= 11 is 0. The number of nitrogens with zero attached hydrogens (tertiary/aromatic N) is 1. The topological polar surface area (TPSA) is 40.5 Å². The highest BCUT2D eigenvalue weighted by Crippen LogP contribution is 2.16. The molecular formula is C7H11NO2. The largest absolute Gasteiger partial charge is 0.373 e. The van der Waals surface area contributed by atoms with Crippen molar-refractivity contribution in [1.82, 2.24) is 4.90 Å². The van der Waals surface area contributed by atoms with Gasteiger partial charge in [0.15, 0.2) is 0 Å². The van der Waals surface area contributed by atoms with Gasteiger partial charge in [-0.25, -0.2) is 0 Å². The minimum absolute atomic E-state index is 0.609. The Morgan fingerprint density at radius 1 is 1.90 bits per heavy atom. The van der Waals surface area contributed by atoms with Crippen LogP contribution in [0.1, 0.15) is 19.8 Å². The van der Waals surface area contributed by atoms with E-state index in [9.17, 15) is 9.90 Å². The molecule has 0 bridgehead atoms. The normalized spacial score (nSPS) is 26.0. The zero-order chi connectivity index (χ0) is 7.56. The Hall–Kier alpha value is -0.830. The molecule has 0 aromatic rings. The van der Waals surface area contributed by atoms with Crippen LogP contribution in [0.3, 0.4) is 0 Å². The van der Waals surface area contributed by atoms with E-state index >= 15 is 0 Å². The Kier molecular flexibility index (Phi) is 2.06. The van der Waals surface area contributed by atoms with Gasteiger partial charge in [-0.1, -0.05) is 6.08 Å². The maximum Gasteiger partial charge on any atom is 0.215 e. The van der Waals surface area contributed by atoms with E-state index in [1.54, 1.807) is 0 Å². The lowest BCUT2D eigenvalue weighted by Crippen LogP contribution is -2.34. The van der Waals surface area contributed by atoms with Gasteiger partial charge in [-0.3, -0.25) is 9.69 Å². The van der Waals surface area contributed by atoms with Crippen LogP contribution in [-0.4, -0.2) is 22.6 Å². The molecule has 1 aliphatic rings. The molecule has 0 spiro atoms. The van der Waals surface area contributed by atoms with Crippen LogP contribution in [0.15, 0.2) is 11.8 Å². The molecule has 1 rings (SSSR count). The van der Waals surface area contributed by atoms with Crippen molar-refractivity contribution in [2.24, 2.45) is 0 Å². The molecule has 0 aliphatic carbocycles. The first-order chi connectivity index (χ1) is 4.75. The van der Waals surface area contributed by atoms with Crippen molar-refractivity contribution in [2.75, 3.05) is 0 Å². The van der Waals surface area contributed by atoms with Crippen LogP contribution in [0.5, 0.6) is 0 Å². The first-order valence-electron chi connectivity index (χ1n) is 3.34. The van der Waals surface area contributed by atoms with Gasteiger partial charge in [0.1, 0.15) is 6.23 Å². The number of rotatable bonds is 1. The van der Waals surface area contributed by atoms with E-state index in [0.717, 1.165) is 12.1 Å². The van der Waals surface area contributed by atoms with Gasteiger partial charge in [0.2, 0.25) is 6.41 Å². The van der Waals surface area contributed by atoms with E-state index in [4.69, 9.17) is 0 Å². The Labute approximate surface area is 59.9 Å². The second kappa shape index (κ2) is 2.84. The third-order valence-corrected chi connectivity index (χ3v) is 1.71. The summed E-state index contributed by atoms with van der Waals surface area (Å²) in [6.45, 7) is 1.82. The van der Waals surface area contributed by atoms with E-state index < -0.39 is 6.23 Å². The zero-order valence-electron chi connectivity index (χ0n) is 5.95. The summed E-state index contributed by atoms with van der Waals surface area (Å²) in [5.74, 6) is 0. The number of hydrogen-bond acceptors (Lipinski definition) is 2. The van der Waals surface area contributed by atoms with Crippen molar-refractivity contribution < 1.29 is 9.90 Å². The second-order valence-electron chi connectivity index (χ2n) is 2.42. The second-order valence-corrected chi connectivity index (χ2v) is 2.42. The molecule has 0 aromatic heterocycles. The van der Waals surface area contributed by atoms with E-state index in [1.165, 1.54) is 4.90 Å². The summed E-state index contributed by atoms with van der Waals surface area (Å²) in [4.78, 5) is 11.6. The Morgan fingerprint density at radius 3 is 3.00 bits per heavy atom. The number of aliphatic hydroxyl groups excluding tert-OH is 1. The van der Waals surface area contributed by atoms with Crippen molar-refractivity contribution in [2.45, 2.75) is 26.0 Å². The van der Waals surface area contributed by atoms with Gasteiger partial charge in [-0.15, -0.1) is 0 Å². The molecule has 3 nitrogen and oxygen atoms in total. The first kappa shape index (κ1) is 7.28. The fraction of sp³-hybridized carbons (Fsp3) is 0.571. The number of allylic oxidation sites excluding steroid dienone is 2. The van der Waals surface area contributed by atoms with Gasteiger partial charge in [0.25, 0.3) is 0 Å². The SMILES string of the molecule is CC1=CCC[C@@H](O)N1C=O. The number of aliphatic hydroxyl groups is 1. The van der Waals surface area contributed by atoms with Crippen LogP contribution in [-0.2, 0) is 4.79 Å². The number of carbonyl (C=O) groups is 1. The fourth-order valence-electron chi connectivity index (χ4n) is 1.07. The van der Waals surface area contributed by atoms with E-state index in [1.807, 2.05) is 13.0 Å². The maximum absolute atomic E-state index is 10.3. The summed E-state index contributed by atoms with van der Waals surface area (Å²) in [5, 5.41) is 9.19. The molecule has 3 heteroatoms. The average molecular weight is 141 g/mol. The van der Waals surface area contributed by atoms with Crippen molar-refractivity contribution in [3.63, 3.8) is 0 Å². The summed E-state index contributed by atoms with van der Waals surface area (Å²) in [5.41, 5.74) is 0.841. The highest BCUT2D eigenvalue weighted by Gasteiger charge is 2.17. The zero-order valence-corrected chi connectivity index (χ0v) is 5.95. The highest BCUT2D eigenvalue weighted by atomic mass is 16.3. The van der Waals surface area contributed by atoms with Crippen molar-refractivity contribution in [3.05, 3.63) is 11.8 Å². The lowest BCUT2D eigenvalue weighted by atomic mass is 10.1. The molecule has 1 heterocycles. The average Bonchev–Trinajstić information content (AvgIpc) is 1.88. The molecule has 1 aliphatic heterocycles. The molecule has 10 heavy (non-hydrogen) atoms. The van der Waals surface area contributed by atoms with Gasteiger partial charge in [-0.2, -0.15) is 0 Å².